The van der Waals surface area contributed by atoms with Gasteiger partial charge in [-0.25, -0.2) is 29.2 Å². The molecule has 0 aromatic heterocycles. The van der Waals surface area contributed by atoms with E-state index in [4.69, 9.17) is 34.7 Å². The topological polar surface area (TPSA) is 246 Å². The normalized spacial score (nSPS) is 18.2. The van der Waals surface area contributed by atoms with E-state index < -0.39 is 30.0 Å². The molecule has 11 N–H and O–H groups in total. The molecule has 2 aliphatic rings. The average molecular weight is 1250 g/mol. The number of carbonyl (C=O) groups is 5. The SMILES string of the molecule is CC[C@H](N)/C(CSCc1c(F)cccc1Cl)=N/NC(=O)NCC1CCC(C(=O)NCc2ccc(C)cc2)CC1.CC[C@H](NC(=O)[C@@H](N)C(C)C)/C(CSCc1c(F)cccc1Cl)=N/NC(=O)NCC1CCC(C(=O)NCc2ccc(C)cc2)CC1. The molecule has 0 aliphatic heterocycles. The first-order valence-corrected chi connectivity index (χ1v) is 32.5. The molecule has 2 fully saturated rings. The van der Waals surface area contributed by atoms with Crippen molar-refractivity contribution < 1.29 is 32.8 Å². The molecule has 4 aromatic carbocycles. The van der Waals surface area contributed by atoms with Crippen LogP contribution in [-0.2, 0) is 39.0 Å². The Morgan fingerprint density at radius 3 is 1.39 bits per heavy atom. The number of hydrogen-bond acceptors (Lipinski definition) is 11. The van der Waals surface area contributed by atoms with Crippen molar-refractivity contribution in [2.75, 3.05) is 24.6 Å². The molecule has 0 saturated heterocycles. The van der Waals surface area contributed by atoms with Gasteiger partial charge in [0.2, 0.25) is 17.7 Å². The number of benzene rings is 4. The highest BCUT2D eigenvalue weighted by Gasteiger charge is 2.29. The number of hydrazone groups is 2. The van der Waals surface area contributed by atoms with Crippen molar-refractivity contribution in [2.45, 2.75) is 148 Å². The molecule has 7 amide bonds. The fourth-order valence-corrected chi connectivity index (χ4v) is 12.4. The second kappa shape index (κ2) is 37.0. The van der Waals surface area contributed by atoms with E-state index in [2.05, 4.69) is 47.6 Å². The minimum atomic E-state index is -0.689. The van der Waals surface area contributed by atoms with Crippen LogP contribution in [0, 0.1) is 55.1 Å². The summed E-state index contributed by atoms with van der Waals surface area (Å²) >= 11 is 15.1. The van der Waals surface area contributed by atoms with Gasteiger partial charge in [-0.2, -0.15) is 33.7 Å². The molecule has 16 nitrogen and oxygen atoms in total. The van der Waals surface area contributed by atoms with Gasteiger partial charge in [0, 0.05) is 88.2 Å². The number of nitrogens with zero attached hydrogens (tertiary/aromatic N) is 2. The first-order chi connectivity index (χ1) is 40.7. The quantitative estimate of drug-likeness (QED) is 0.0203. The predicted molar refractivity (Wildman–Crippen MR) is 343 cm³/mol. The summed E-state index contributed by atoms with van der Waals surface area (Å²) in [5.74, 6) is 1.07. The van der Waals surface area contributed by atoms with E-state index in [1.807, 2.05) is 90.1 Å². The molecule has 0 spiro atoms. The van der Waals surface area contributed by atoms with E-state index >= 15 is 0 Å². The number of urea groups is 2. The number of carbonyl (C=O) groups excluding carboxylic acids is 5. The predicted octanol–water partition coefficient (Wildman–Crippen LogP) is 11.2. The number of nitrogens with two attached hydrogens (primary N) is 2. The second-order valence-corrected chi connectivity index (χ2v) is 25.1. The van der Waals surface area contributed by atoms with Crippen LogP contribution in [0.15, 0.2) is 95.1 Å². The number of amides is 7. The number of aryl methyl sites for hydroxylation is 2. The zero-order valence-electron chi connectivity index (χ0n) is 49.8. The lowest BCUT2D eigenvalue weighted by atomic mass is 9.81. The summed E-state index contributed by atoms with van der Waals surface area (Å²) in [7, 11) is 0. The lowest BCUT2D eigenvalue weighted by molar-refractivity contribution is -0.127. The Morgan fingerprint density at radius 1 is 0.588 bits per heavy atom. The highest BCUT2D eigenvalue weighted by Crippen LogP contribution is 2.31. The van der Waals surface area contributed by atoms with Gasteiger partial charge in [0.15, 0.2) is 0 Å². The zero-order chi connectivity index (χ0) is 61.8. The van der Waals surface area contributed by atoms with Gasteiger partial charge < -0.3 is 38.1 Å². The molecule has 0 radical (unpaired) electrons. The molecule has 0 bridgehead atoms. The third kappa shape index (κ3) is 24.5. The molecule has 85 heavy (non-hydrogen) atoms. The van der Waals surface area contributed by atoms with E-state index in [0.29, 0.717) is 101 Å². The van der Waals surface area contributed by atoms with Gasteiger partial charge in [-0.15, -0.1) is 0 Å². The number of nitrogens with one attached hydrogen (secondary N) is 7. The second-order valence-electron chi connectivity index (χ2n) is 22.3. The number of rotatable bonds is 27. The molecule has 22 heteroatoms. The summed E-state index contributed by atoms with van der Waals surface area (Å²) in [5.41, 5.74) is 23.9. The van der Waals surface area contributed by atoms with Crippen molar-refractivity contribution in [3.8, 4) is 0 Å². The van der Waals surface area contributed by atoms with Crippen molar-refractivity contribution in [1.82, 2.24) is 37.4 Å². The molecular formula is C63H87Cl2F2N11O5S2. The molecule has 3 atom stereocenters. The Balaban J connectivity index is 0.000000315. The fraction of sp³-hybridized carbons (Fsp3) is 0.508. The Kier molecular flexibility index (Phi) is 30.5. The summed E-state index contributed by atoms with van der Waals surface area (Å²) in [6.07, 6.45) is 7.78. The summed E-state index contributed by atoms with van der Waals surface area (Å²) in [4.78, 5) is 63.2. The third-order valence-corrected chi connectivity index (χ3v) is 18.1. The Bertz CT molecular complexity index is 2800. The van der Waals surface area contributed by atoms with Crippen molar-refractivity contribution in [1.29, 1.82) is 0 Å². The maximum Gasteiger partial charge on any atom is 0.335 e. The van der Waals surface area contributed by atoms with E-state index in [9.17, 15) is 32.8 Å². The van der Waals surface area contributed by atoms with Gasteiger partial charge in [0.25, 0.3) is 0 Å². The molecule has 4 aromatic rings. The van der Waals surface area contributed by atoms with Crippen LogP contribution in [0.2, 0.25) is 10.0 Å². The molecule has 2 aliphatic carbocycles. The highest BCUT2D eigenvalue weighted by molar-refractivity contribution is 7.99. The summed E-state index contributed by atoms with van der Waals surface area (Å²) in [5, 5.41) is 24.2. The molecular weight excluding hydrogens is 1160 g/mol. The van der Waals surface area contributed by atoms with Gasteiger partial charge >= 0.3 is 12.1 Å². The minimum Gasteiger partial charge on any atom is -0.352 e. The van der Waals surface area contributed by atoms with Crippen molar-refractivity contribution >= 4 is 87.9 Å². The number of hydrogen-bond donors (Lipinski definition) is 9. The van der Waals surface area contributed by atoms with Gasteiger partial charge in [0.05, 0.1) is 23.5 Å². The smallest absolute Gasteiger partial charge is 0.335 e. The first-order valence-electron chi connectivity index (χ1n) is 29.4. The van der Waals surface area contributed by atoms with Crippen molar-refractivity contribution in [3.63, 3.8) is 0 Å². The van der Waals surface area contributed by atoms with Gasteiger partial charge in [-0.3, -0.25) is 14.4 Å². The third-order valence-electron chi connectivity index (χ3n) is 15.4. The maximum atomic E-state index is 14.3. The maximum absolute atomic E-state index is 14.3. The molecule has 464 valence electrons. The highest BCUT2D eigenvalue weighted by atomic mass is 35.5. The van der Waals surface area contributed by atoms with Gasteiger partial charge in [0.1, 0.15) is 11.6 Å². The molecule has 6 rings (SSSR count). The van der Waals surface area contributed by atoms with Crippen molar-refractivity contribution in [3.05, 3.63) is 140 Å². The lowest BCUT2D eigenvalue weighted by Gasteiger charge is -2.28. The number of halogens is 4. The van der Waals surface area contributed by atoms with Gasteiger partial charge in [-0.1, -0.05) is 123 Å². The first kappa shape index (κ1) is 70.0. The monoisotopic (exact) mass is 1250 g/mol. The fourth-order valence-electron chi connectivity index (χ4n) is 9.65. The Morgan fingerprint density at radius 2 is 1.00 bits per heavy atom. The summed E-state index contributed by atoms with van der Waals surface area (Å²) in [6.45, 7) is 13.7. The van der Waals surface area contributed by atoms with Crippen LogP contribution in [0.5, 0.6) is 0 Å². The van der Waals surface area contributed by atoms with E-state index in [0.717, 1.165) is 62.5 Å². The minimum absolute atomic E-state index is 0.0138. The molecule has 2 saturated carbocycles. The summed E-state index contributed by atoms with van der Waals surface area (Å²) in [6, 6.07) is 23.1. The van der Waals surface area contributed by atoms with E-state index in [1.165, 1.54) is 46.8 Å². The van der Waals surface area contributed by atoms with Crippen LogP contribution in [-0.4, -0.2) is 83.9 Å². The zero-order valence-corrected chi connectivity index (χ0v) is 53.0. The average Bonchev–Trinajstić information content (AvgIpc) is 3.67. The van der Waals surface area contributed by atoms with E-state index in [1.54, 1.807) is 24.3 Å². The molecule has 0 heterocycles. The summed E-state index contributed by atoms with van der Waals surface area (Å²) < 4.78 is 28.3. The van der Waals surface area contributed by atoms with Crippen LogP contribution < -0.4 is 48.9 Å². The standard InChI is InChI=1S/C34H48ClFN6O3S.C29H39ClFN5O2S/c1-5-29(40-33(44)31(37)21(2)3)30(20-46-19-26-27(35)7-6-8-28(26)36)41-42-34(45)39-18-24-13-15-25(16-14-24)32(43)38-17-23-11-9-22(4)10-12-23;1-3-26(32)27(18-39-17-23-24(30)5-4-6-25(23)31)35-36-29(38)34-16-21-11-13-22(14-12-21)28(37)33-15-20-9-7-19(2)8-10-20/h6-12,21,24-25,29,31H,5,13-20,37H2,1-4H3,(H,38,43)(H,40,44)(H2,39,42,45);4-10,21-22,26H,3,11-18,32H2,1-2H3,(H,33,37)(H2,34,36,38)/b41-30+;35-27+/t24?,25?,29-,31-;21?,22?,26-/m00/s1. The van der Waals surface area contributed by atoms with Gasteiger partial charge in [-0.05, 0) is 131 Å². The largest absolute Gasteiger partial charge is 0.352 e. The van der Waals surface area contributed by atoms with Crippen LogP contribution in [0.25, 0.3) is 0 Å². The van der Waals surface area contributed by atoms with Crippen LogP contribution in [0.1, 0.15) is 125 Å². The van der Waals surface area contributed by atoms with Crippen LogP contribution in [0.4, 0.5) is 18.4 Å². The van der Waals surface area contributed by atoms with Crippen LogP contribution >= 0.6 is 46.7 Å². The Hall–Kier alpha value is -5.77. The van der Waals surface area contributed by atoms with Crippen LogP contribution in [0.3, 0.4) is 0 Å². The number of thioether (sulfide) groups is 2. The molecule has 0 unspecified atom stereocenters. The Labute approximate surface area is 519 Å². The van der Waals surface area contributed by atoms with E-state index in [-0.39, 0.29) is 53.3 Å². The lowest BCUT2D eigenvalue weighted by Crippen LogP contribution is -2.51. The van der Waals surface area contributed by atoms with Crippen molar-refractivity contribution in [2.24, 2.45) is 51.3 Å².